The Morgan fingerprint density at radius 3 is 2.78 bits per heavy atom. The Morgan fingerprint density at radius 2 is 2.17 bits per heavy atom. The second-order valence-electron chi connectivity index (χ2n) is 5.20. The Labute approximate surface area is 114 Å². The minimum atomic E-state index is -0.414. The van der Waals surface area contributed by atoms with Crippen LogP contribution in [0.5, 0.6) is 0 Å². The van der Waals surface area contributed by atoms with Gasteiger partial charge in [0.25, 0.3) is 0 Å². The fourth-order valence-corrected chi connectivity index (χ4v) is 2.54. The first kappa shape index (κ1) is 15.1. The van der Waals surface area contributed by atoms with Crippen LogP contribution in [0.25, 0.3) is 0 Å². The molecule has 98 valence electrons. The van der Waals surface area contributed by atoms with Crippen LogP contribution < -0.4 is 0 Å². The molecule has 0 spiro atoms. The summed E-state index contributed by atoms with van der Waals surface area (Å²) < 4.78 is 0. The largest absolute Gasteiger partial charge is 0.389 e. The second-order valence-corrected chi connectivity index (χ2v) is 6.36. The number of hydrogen-bond donors (Lipinski definition) is 1. The van der Waals surface area contributed by atoms with Gasteiger partial charge in [0.2, 0.25) is 0 Å². The first-order valence-electron chi connectivity index (χ1n) is 6.27. The third-order valence-corrected chi connectivity index (χ3v) is 3.94. The maximum atomic E-state index is 9.51. The summed E-state index contributed by atoms with van der Waals surface area (Å²) >= 11 is 1.78. The zero-order valence-electron chi connectivity index (χ0n) is 11.3. The smallest absolute Gasteiger partial charge is 0.0762 e. The van der Waals surface area contributed by atoms with Crippen molar-refractivity contribution in [3.63, 3.8) is 0 Å². The Morgan fingerprint density at radius 1 is 1.44 bits per heavy atom. The van der Waals surface area contributed by atoms with Crippen LogP contribution >= 0.6 is 11.8 Å². The van der Waals surface area contributed by atoms with E-state index in [9.17, 15) is 5.11 Å². The predicted molar refractivity (Wildman–Crippen MR) is 76.4 cm³/mol. The summed E-state index contributed by atoms with van der Waals surface area (Å²) in [6.07, 6.45) is 1.54. The van der Waals surface area contributed by atoms with E-state index in [4.69, 9.17) is 5.26 Å². The van der Waals surface area contributed by atoms with Crippen molar-refractivity contribution in [2.45, 2.75) is 44.6 Å². The van der Waals surface area contributed by atoms with Crippen LogP contribution in [0.15, 0.2) is 29.2 Å². The van der Waals surface area contributed by atoms with Gasteiger partial charge in [0, 0.05) is 4.90 Å². The Kier molecular flexibility index (Phi) is 5.71. The van der Waals surface area contributed by atoms with Crippen LogP contribution in [0.3, 0.4) is 0 Å². The minimum Gasteiger partial charge on any atom is -0.389 e. The number of aliphatic hydroxyl groups excluding tert-OH is 1. The summed E-state index contributed by atoms with van der Waals surface area (Å²) in [5.74, 6) is 1.01. The molecule has 3 heteroatoms. The minimum absolute atomic E-state index is 0.220. The molecule has 0 aromatic heterocycles. The van der Waals surface area contributed by atoms with Gasteiger partial charge < -0.3 is 5.11 Å². The average molecular weight is 263 g/mol. The van der Waals surface area contributed by atoms with E-state index in [2.05, 4.69) is 12.1 Å². The van der Waals surface area contributed by atoms with E-state index in [1.165, 1.54) is 4.90 Å². The first-order chi connectivity index (χ1) is 8.44. The lowest BCUT2D eigenvalue weighted by Crippen LogP contribution is -2.07. The van der Waals surface area contributed by atoms with Crippen LogP contribution in [0.2, 0.25) is 0 Å². The molecule has 0 aliphatic carbocycles. The lowest BCUT2D eigenvalue weighted by Gasteiger charge is -2.14. The number of thioether (sulfide) groups is 1. The molecule has 0 aliphatic heterocycles. The summed E-state index contributed by atoms with van der Waals surface area (Å²) in [5, 5.41) is 18.4. The molecule has 18 heavy (non-hydrogen) atoms. The number of benzene rings is 1. The molecule has 0 radical (unpaired) electrons. The van der Waals surface area contributed by atoms with Crippen molar-refractivity contribution in [3.05, 3.63) is 29.8 Å². The van der Waals surface area contributed by atoms with E-state index in [1.54, 1.807) is 18.7 Å². The van der Waals surface area contributed by atoms with Crippen LogP contribution in [-0.2, 0) is 0 Å². The van der Waals surface area contributed by atoms with E-state index in [0.717, 1.165) is 24.2 Å². The highest BCUT2D eigenvalue weighted by molar-refractivity contribution is 7.99. The lowest BCUT2D eigenvalue weighted by molar-refractivity contribution is 0.199. The van der Waals surface area contributed by atoms with Gasteiger partial charge in [-0.05, 0) is 57.1 Å². The fraction of sp³-hybridized carbons (Fsp3) is 0.533. The molecule has 0 saturated carbocycles. The Hall–Kier alpha value is -0.980. The first-order valence-corrected chi connectivity index (χ1v) is 7.25. The number of aliphatic hydroxyl groups is 1. The van der Waals surface area contributed by atoms with Crippen molar-refractivity contribution < 1.29 is 5.11 Å². The van der Waals surface area contributed by atoms with E-state index >= 15 is 0 Å². The summed E-state index contributed by atoms with van der Waals surface area (Å²) in [4.78, 5) is 1.18. The molecule has 2 nitrogen and oxygen atoms in total. The zero-order valence-corrected chi connectivity index (χ0v) is 12.1. The van der Waals surface area contributed by atoms with Crippen molar-refractivity contribution >= 4 is 11.8 Å². The van der Waals surface area contributed by atoms with Gasteiger partial charge in [-0.25, -0.2) is 0 Å². The van der Waals surface area contributed by atoms with Crippen LogP contribution in [0, 0.1) is 16.7 Å². The van der Waals surface area contributed by atoms with Gasteiger partial charge >= 0.3 is 0 Å². The molecule has 1 rings (SSSR count). The van der Waals surface area contributed by atoms with Crippen LogP contribution in [0.1, 0.15) is 45.3 Å². The molecule has 0 amide bonds. The quantitative estimate of drug-likeness (QED) is 0.619. The summed E-state index contributed by atoms with van der Waals surface area (Å²) in [5.41, 5.74) is 0.736. The molecule has 0 fully saturated rings. The maximum Gasteiger partial charge on any atom is 0.0762 e. The van der Waals surface area contributed by atoms with Crippen LogP contribution in [-0.4, -0.2) is 10.9 Å². The predicted octanol–water partition coefficient (Wildman–Crippen LogP) is 4.16. The highest BCUT2D eigenvalue weighted by atomic mass is 32.2. The van der Waals surface area contributed by atoms with E-state index in [0.29, 0.717) is 0 Å². The average Bonchev–Trinajstić information content (AvgIpc) is 2.35. The third-order valence-electron chi connectivity index (χ3n) is 2.86. The van der Waals surface area contributed by atoms with Crippen molar-refractivity contribution in [1.29, 1.82) is 5.26 Å². The molecular weight excluding hydrogens is 242 g/mol. The molecular formula is C15H21NOS. The molecule has 1 aromatic rings. The topological polar surface area (TPSA) is 44.0 Å². The van der Waals surface area contributed by atoms with Gasteiger partial charge in [0.15, 0.2) is 0 Å². The monoisotopic (exact) mass is 263 g/mol. The highest BCUT2D eigenvalue weighted by Crippen LogP contribution is 2.26. The van der Waals surface area contributed by atoms with E-state index in [1.807, 2.05) is 32.0 Å². The van der Waals surface area contributed by atoms with Crippen LogP contribution in [0.4, 0.5) is 0 Å². The highest BCUT2D eigenvalue weighted by Gasteiger charge is 2.15. The van der Waals surface area contributed by atoms with Crippen molar-refractivity contribution in [3.8, 4) is 6.07 Å². The maximum absolute atomic E-state index is 9.51. The van der Waals surface area contributed by atoms with Gasteiger partial charge in [-0.3, -0.25) is 0 Å². The van der Waals surface area contributed by atoms with E-state index in [-0.39, 0.29) is 5.41 Å². The third kappa shape index (κ3) is 5.12. The molecule has 0 bridgehead atoms. The van der Waals surface area contributed by atoms with Gasteiger partial charge in [-0.1, -0.05) is 12.1 Å². The zero-order chi connectivity index (χ0) is 13.6. The molecule has 1 atom stereocenters. The molecule has 1 N–H and O–H groups in total. The number of rotatable bonds is 6. The van der Waals surface area contributed by atoms with Gasteiger partial charge in [-0.2, -0.15) is 5.26 Å². The van der Waals surface area contributed by atoms with Gasteiger partial charge in [0.05, 0.1) is 17.6 Å². The SMILES string of the molecule is CC(O)c1cccc(SCCCC(C)(C)C#N)c1. The molecule has 0 heterocycles. The fourth-order valence-electron chi connectivity index (χ4n) is 1.62. The normalized spacial score (nSPS) is 13.1. The number of nitrogens with zero attached hydrogens (tertiary/aromatic N) is 1. The molecule has 1 aromatic carbocycles. The van der Waals surface area contributed by atoms with Gasteiger partial charge in [0.1, 0.15) is 0 Å². The lowest BCUT2D eigenvalue weighted by atomic mass is 9.90. The Bertz CT molecular complexity index is 421. The second kappa shape index (κ2) is 6.82. The molecule has 0 saturated heterocycles. The summed E-state index contributed by atoms with van der Waals surface area (Å²) in [6, 6.07) is 10.3. The van der Waals surface area contributed by atoms with Gasteiger partial charge in [-0.15, -0.1) is 11.8 Å². The molecule has 1 unspecified atom stereocenters. The number of hydrogen-bond acceptors (Lipinski definition) is 3. The number of nitriles is 1. The summed E-state index contributed by atoms with van der Waals surface area (Å²) in [7, 11) is 0. The van der Waals surface area contributed by atoms with Crippen molar-refractivity contribution in [2.75, 3.05) is 5.75 Å². The van der Waals surface area contributed by atoms with Crippen molar-refractivity contribution in [2.24, 2.45) is 5.41 Å². The standard InChI is InChI=1S/C15H21NOS/c1-12(17)13-6-4-7-14(10-13)18-9-5-8-15(2,3)11-16/h4,6-7,10,12,17H,5,8-9H2,1-3H3. The van der Waals surface area contributed by atoms with Crippen molar-refractivity contribution in [1.82, 2.24) is 0 Å². The Balaban J connectivity index is 2.41. The molecule has 0 aliphatic rings. The van der Waals surface area contributed by atoms with E-state index < -0.39 is 6.10 Å². The summed E-state index contributed by atoms with van der Waals surface area (Å²) in [6.45, 7) is 5.73.